The van der Waals surface area contributed by atoms with E-state index in [1.807, 2.05) is 11.8 Å². The van der Waals surface area contributed by atoms with Crippen molar-refractivity contribution >= 4 is 11.8 Å². The Hall–Kier alpha value is -0.430. The first-order valence-electron chi connectivity index (χ1n) is 5.70. The van der Waals surface area contributed by atoms with Gasteiger partial charge < -0.3 is 0 Å². The van der Waals surface area contributed by atoms with Crippen LogP contribution in [0.5, 0.6) is 0 Å². The van der Waals surface area contributed by atoms with E-state index in [1.165, 1.54) is 10.5 Å². The minimum absolute atomic E-state index is 0.269. The second-order valence-corrected chi connectivity index (χ2v) is 7.03. The van der Waals surface area contributed by atoms with Gasteiger partial charge in [0.05, 0.1) is 0 Å². The third-order valence-electron chi connectivity index (χ3n) is 3.38. The van der Waals surface area contributed by atoms with E-state index in [-0.39, 0.29) is 5.41 Å². The zero-order valence-electron chi connectivity index (χ0n) is 10.3. The van der Waals surface area contributed by atoms with E-state index in [0.29, 0.717) is 5.92 Å². The molecular formula is C14H20S. The van der Waals surface area contributed by atoms with Gasteiger partial charge >= 0.3 is 0 Å². The molecule has 0 fully saturated rings. The molecule has 0 spiro atoms. The normalized spacial score (nSPS) is 25.4. The Labute approximate surface area is 97.5 Å². The molecule has 0 aliphatic carbocycles. The number of thioether (sulfide) groups is 1. The zero-order chi connectivity index (χ0) is 11.2. The summed E-state index contributed by atoms with van der Waals surface area (Å²) in [6, 6.07) is 7.01. The largest absolute Gasteiger partial charge is 0.122 e. The van der Waals surface area contributed by atoms with Crippen molar-refractivity contribution in [2.45, 2.75) is 56.1 Å². The summed E-state index contributed by atoms with van der Waals surface area (Å²) in [4.78, 5) is 1.49. The van der Waals surface area contributed by atoms with E-state index in [0.717, 1.165) is 5.25 Å². The highest BCUT2D eigenvalue weighted by Crippen LogP contribution is 2.46. The zero-order valence-corrected chi connectivity index (χ0v) is 11.1. The summed E-state index contributed by atoms with van der Waals surface area (Å²) in [5, 5.41) is 0.732. The molecule has 0 amide bonds. The molecule has 2 unspecified atom stereocenters. The lowest BCUT2D eigenvalue weighted by Gasteiger charge is -2.20. The second-order valence-electron chi connectivity index (χ2n) is 5.61. The van der Waals surface area contributed by atoms with Crippen LogP contribution in [0.25, 0.3) is 0 Å². The first-order chi connectivity index (χ1) is 6.89. The molecule has 0 saturated carbocycles. The SMILES string of the molecule is CC1Sc2ccc(C(C)(C)C)cc2C1C. The van der Waals surface area contributed by atoms with Crippen molar-refractivity contribution in [1.82, 2.24) is 0 Å². The molecule has 15 heavy (non-hydrogen) atoms. The molecule has 0 aromatic heterocycles. The summed E-state index contributed by atoms with van der Waals surface area (Å²) >= 11 is 2.02. The fraction of sp³-hybridized carbons (Fsp3) is 0.571. The van der Waals surface area contributed by atoms with Crippen molar-refractivity contribution in [3.63, 3.8) is 0 Å². The van der Waals surface area contributed by atoms with Crippen LogP contribution in [-0.2, 0) is 5.41 Å². The van der Waals surface area contributed by atoms with Gasteiger partial charge in [-0.15, -0.1) is 11.8 Å². The maximum atomic E-state index is 2.41. The van der Waals surface area contributed by atoms with Crippen LogP contribution in [0.4, 0.5) is 0 Å². The Morgan fingerprint density at radius 1 is 1.13 bits per heavy atom. The Morgan fingerprint density at radius 3 is 2.40 bits per heavy atom. The minimum atomic E-state index is 0.269. The van der Waals surface area contributed by atoms with E-state index >= 15 is 0 Å². The minimum Gasteiger partial charge on any atom is -0.122 e. The van der Waals surface area contributed by atoms with Crippen LogP contribution in [0.1, 0.15) is 51.7 Å². The Balaban J connectivity index is 2.44. The summed E-state index contributed by atoms with van der Waals surface area (Å²) in [6.45, 7) is 11.5. The molecule has 2 atom stereocenters. The van der Waals surface area contributed by atoms with Crippen LogP contribution in [-0.4, -0.2) is 5.25 Å². The summed E-state index contributed by atoms with van der Waals surface area (Å²) in [5.41, 5.74) is 3.29. The lowest BCUT2D eigenvalue weighted by Crippen LogP contribution is -2.11. The van der Waals surface area contributed by atoms with Crippen LogP contribution >= 0.6 is 11.8 Å². The van der Waals surface area contributed by atoms with Crippen LogP contribution < -0.4 is 0 Å². The van der Waals surface area contributed by atoms with E-state index < -0.39 is 0 Å². The molecule has 0 radical (unpaired) electrons. The molecule has 2 rings (SSSR count). The topological polar surface area (TPSA) is 0 Å². The first-order valence-corrected chi connectivity index (χ1v) is 6.58. The monoisotopic (exact) mass is 220 g/mol. The van der Waals surface area contributed by atoms with Crippen molar-refractivity contribution in [3.05, 3.63) is 29.3 Å². The fourth-order valence-electron chi connectivity index (χ4n) is 2.03. The van der Waals surface area contributed by atoms with Gasteiger partial charge in [-0.2, -0.15) is 0 Å². The van der Waals surface area contributed by atoms with Gasteiger partial charge in [-0.05, 0) is 28.5 Å². The van der Waals surface area contributed by atoms with Crippen molar-refractivity contribution < 1.29 is 0 Å². The third kappa shape index (κ3) is 1.94. The van der Waals surface area contributed by atoms with E-state index in [2.05, 4.69) is 52.8 Å². The lowest BCUT2D eigenvalue weighted by molar-refractivity contribution is 0.587. The smallest absolute Gasteiger partial charge is 0.0133 e. The standard InChI is InChI=1S/C14H20S/c1-9-10(2)15-13-7-6-11(8-12(9)13)14(3,4)5/h6-10H,1-5H3. The van der Waals surface area contributed by atoms with Gasteiger partial charge in [0.1, 0.15) is 0 Å². The highest BCUT2D eigenvalue weighted by Gasteiger charge is 2.27. The van der Waals surface area contributed by atoms with Gasteiger partial charge in [-0.25, -0.2) is 0 Å². The Bertz CT molecular complexity index is 373. The van der Waals surface area contributed by atoms with Crippen molar-refractivity contribution in [1.29, 1.82) is 0 Å². The molecule has 0 bridgehead atoms. The number of rotatable bonds is 0. The predicted molar refractivity (Wildman–Crippen MR) is 68.9 cm³/mol. The van der Waals surface area contributed by atoms with E-state index in [1.54, 1.807) is 5.56 Å². The number of benzene rings is 1. The first kappa shape index (κ1) is 11.1. The van der Waals surface area contributed by atoms with Gasteiger partial charge in [0.25, 0.3) is 0 Å². The van der Waals surface area contributed by atoms with Crippen molar-refractivity contribution in [3.8, 4) is 0 Å². The fourth-order valence-corrected chi connectivity index (χ4v) is 3.31. The molecule has 1 aromatic carbocycles. The molecule has 82 valence electrons. The Kier molecular flexibility index (Phi) is 2.62. The average molecular weight is 220 g/mol. The molecular weight excluding hydrogens is 200 g/mol. The maximum Gasteiger partial charge on any atom is 0.0133 e. The molecule has 1 aliphatic rings. The summed E-state index contributed by atoms with van der Waals surface area (Å²) in [5.74, 6) is 0.701. The van der Waals surface area contributed by atoms with Gasteiger partial charge in [-0.3, -0.25) is 0 Å². The Morgan fingerprint density at radius 2 is 1.80 bits per heavy atom. The molecule has 1 heteroatoms. The van der Waals surface area contributed by atoms with Gasteiger partial charge in [0.15, 0.2) is 0 Å². The summed E-state index contributed by atoms with van der Waals surface area (Å²) < 4.78 is 0. The van der Waals surface area contributed by atoms with Crippen LogP contribution in [0.2, 0.25) is 0 Å². The van der Waals surface area contributed by atoms with Gasteiger partial charge in [0, 0.05) is 10.1 Å². The van der Waals surface area contributed by atoms with Crippen molar-refractivity contribution in [2.75, 3.05) is 0 Å². The molecule has 1 aromatic rings. The lowest BCUT2D eigenvalue weighted by atomic mass is 9.84. The highest BCUT2D eigenvalue weighted by atomic mass is 32.2. The summed E-state index contributed by atoms with van der Waals surface area (Å²) in [6.07, 6.45) is 0. The van der Waals surface area contributed by atoms with Crippen molar-refractivity contribution in [2.24, 2.45) is 0 Å². The molecule has 1 heterocycles. The number of hydrogen-bond acceptors (Lipinski definition) is 1. The number of fused-ring (bicyclic) bond motifs is 1. The quantitative estimate of drug-likeness (QED) is 0.616. The number of hydrogen-bond donors (Lipinski definition) is 0. The van der Waals surface area contributed by atoms with Crippen LogP contribution in [0, 0.1) is 0 Å². The van der Waals surface area contributed by atoms with Gasteiger partial charge in [0.2, 0.25) is 0 Å². The highest BCUT2D eigenvalue weighted by molar-refractivity contribution is 8.00. The van der Waals surface area contributed by atoms with Crippen LogP contribution in [0.3, 0.4) is 0 Å². The molecule has 0 saturated heterocycles. The summed E-state index contributed by atoms with van der Waals surface area (Å²) in [7, 11) is 0. The van der Waals surface area contributed by atoms with E-state index in [9.17, 15) is 0 Å². The average Bonchev–Trinajstić information content (AvgIpc) is 2.41. The predicted octanol–water partition coefficient (Wildman–Crippen LogP) is 4.58. The second kappa shape index (κ2) is 3.55. The maximum absolute atomic E-state index is 2.41. The molecule has 0 nitrogen and oxygen atoms in total. The molecule has 0 N–H and O–H groups in total. The van der Waals surface area contributed by atoms with Crippen LogP contribution in [0.15, 0.2) is 23.1 Å². The molecule has 1 aliphatic heterocycles. The van der Waals surface area contributed by atoms with Gasteiger partial charge in [-0.1, -0.05) is 46.8 Å². The van der Waals surface area contributed by atoms with E-state index in [4.69, 9.17) is 0 Å². The third-order valence-corrected chi connectivity index (χ3v) is 4.79.